The fraction of sp³-hybridized carbons (Fsp3) is 0.455. The summed E-state index contributed by atoms with van der Waals surface area (Å²) >= 11 is 0. The van der Waals surface area contributed by atoms with Gasteiger partial charge >= 0.3 is 0 Å². The summed E-state index contributed by atoms with van der Waals surface area (Å²) in [6.07, 6.45) is 0.514. The molecule has 0 spiro atoms. The molecule has 1 aliphatic heterocycles. The van der Waals surface area contributed by atoms with Crippen LogP contribution in [0, 0.1) is 15.9 Å². The van der Waals surface area contributed by atoms with Gasteiger partial charge in [-0.2, -0.15) is 0 Å². The zero-order chi connectivity index (χ0) is 14.0. The third-order valence-electron chi connectivity index (χ3n) is 2.98. The minimum absolute atomic E-state index is 0.0599. The fourth-order valence-electron chi connectivity index (χ4n) is 2.06. The number of nitrogens with zero attached hydrogens (tertiary/aromatic N) is 1. The zero-order valence-electron chi connectivity index (χ0n) is 10.0. The lowest BCUT2D eigenvalue weighted by Gasteiger charge is -2.10. The molecule has 6 nitrogen and oxygen atoms in total. The van der Waals surface area contributed by atoms with Gasteiger partial charge in [-0.1, -0.05) is 0 Å². The van der Waals surface area contributed by atoms with E-state index in [-0.39, 0.29) is 29.8 Å². The highest BCUT2D eigenvalue weighted by molar-refractivity contribution is 7.91. The standard InChI is InChI=1S/C11H13FN2O4S/c12-9-3-8(4-11(5-9)14(15)16)6-13-10-1-2-19(17,18)7-10/h3-5,10,13H,1-2,6-7H2. The van der Waals surface area contributed by atoms with Gasteiger partial charge < -0.3 is 5.32 Å². The predicted octanol–water partition coefficient (Wildman–Crippen LogP) is 1.01. The molecule has 1 fully saturated rings. The number of sulfone groups is 1. The van der Waals surface area contributed by atoms with E-state index >= 15 is 0 Å². The zero-order valence-corrected chi connectivity index (χ0v) is 10.8. The first kappa shape index (κ1) is 13.9. The minimum atomic E-state index is -2.97. The van der Waals surface area contributed by atoms with E-state index in [2.05, 4.69) is 5.32 Å². The van der Waals surface area contributed by atoms with Crippen LogP contribution in [-0.4, -0.2) is 30.9 Å². The first-order valence-corrected chi connectivity index (χ1v) is 7.55. The van der Waals surface area contributed by atoms with E-state index in [1.54, 1.807) is 0 Å². The van der Waals surface area contributed by atoms with Crippen molar-refractivity contribution < 1.29 is 17.7 Å². The van der Waals surface area contributed by atoms with Crippen molar-refractivity contribution >= 4 is 15.5 Å². The van der Waals surface area contributed by atoms with Crippen LogP contribution in [0.5, 0.6) is 0 Å². The van der Waals surface area contributed by atoms with Crippen molar-refractivity contribution in [3.05, 3.63) is 39.7 Å². The lowest BCUT2D eigenvalue weighted by Crippen LogP contribution is -2.29. The molecule has 1 atom stereocenters. The Bertz CT molecular complexity index is 603. The Morgan fingerprint density at radius 1 is 1.42 bits per heavy atom. The Kier molecular flexibility index (Phi) is 3.81. The van der Waals surface area contributed by atoms with Gasteiger partial charge in [0.05, 0.1) is 22.5 Å². The monoisotopic (exact) mass is 288 g/mol. The van der Waals surface area contributed by atoms with Crippen LogP contribution in [-0.2, 0) is 16.4 Å². The second kappa shape index (κ2) is 5.22. The molecule has 1 unspecified atom stereocenters. The quantitative estimate of drug-likeness (QED) is 0.659. The SMILES string of the molecule is O=[N+]([O-])c1cc(F)cc(CNC2CCS(=O)(=O)C2)c1. The summed E-state index contributed by atoms with van der Waals surface area (Å²) in [5.41, 5.74) is 0.117. The van der Waals surface area contributed by atoms with Crippen LogP contribution < -0.4 is 5.32 Å². The number of benzene rings is 1. The van der Waals surface area contributed by atoms with Crippen LogP contribution in [0.2, 0.25) is 0 Å². The number of halogens is 1. The Balaban J connectivity index is 2.02. The lowest BCUT2D eigenvalue weighted by atomic mass is 10.1. The molecule has 19 heavy (non-hydrogen) atoms. The molecule has 0 amide bonds. The second-order valence-electron chi connectivity index (χ2n) is 4.56. The molecule has 2 rings (SSSR count). The average molecular weight is 288 g/mol. The summed E-state index contributed by atoms with van der Waals surface area (Å²) in [5.74, 6) is -0.469. The molecular weight excluding hydrogens is 275 g/mol. The highest BCUT2D eigenvalue weighted by Crippen LogP contribution is 2.17. The van der Waals surface area contributed by atoms with Crippen LogP contribution in [0.3, 0.4) is 0 Å². The maximum Gasteiger partial charge on any atom is 0.272 e. The molecule has 1 saturated heterocycles. The molecule has 104 valence electrons. The minimum Gasteiger partial charge on any atom is -0.309 e. The number of nitro groups is 1. The van der Waals surface area contributed by atoms with Gasteiger partial charge in [0.15, 0.2) is 9.84 Å². The van der Waals surface area contributed by atoms with E-state index in [0.717, 1.165) is 6.07 Å². The van der Waals surface area contributed by atoms with Gasteiger partial charge in [0.1, 0.15) is 5.82 Å². The normalized spacial score (nSPS) is 21.4. The molecule has 0 aromatic heterocycles. The summed E-state index contributed by atoms with van der Waals surface area (Å²) in [4.78, 5) is 9.93. The number of nitrogens with one attached hydrogen (secondary N) is 1. The van der Waals surface area contributed by atoms with Gasteiger partial charge in [-0.25, -0.2) is 12.8 Å². The Morgan fingerprint density at radius 3 is 2.74 bits per heavy atom. The van der Waals surface area contributed by atoms with E-state index < -0.39 is 20.6 Å². The highest BCUT2D eigenvalue weighted by atomic mass is 32.2. The molecule has 0 bridgehead atoms. The van der Waals surface area contributed by atoms with Gasteiger partial charge in [-0.05, 0) is 18.1 Å². The van der Waals surface area contributed by atoms with Crippen LogP contribution in [0.15, 0.2) is 18.2 Å². The van der Waals surface area contributed by atoms with Gasteiger partial charge in [0.2, 0.25) is 0 Å². The molecule has 0 saturated carbocycles. The molecular formula is C11H13FN2O4S. The number of non-ortho nitro benzene ring substituents is 1. The third-order valence-corrected chi connectivity index (χ3v) is 4.75. The molecule has 1 aromatic carbocycles. The van der Waals surface area contributed by atoms with E-state index in [1.165, 1.54) is 12.1 Å². The third kappa shape index (κ3) is 3.71. The highest BCUT2D eigenvalue weighted by Gasteiger charge is 2.27. The van der Waals surface area contributed by atoms with Gasteiger partial charge in [0.25, 0.3) is 5.69 Å². The predicted molar refractivity (Wildman–Crippen MR) is 67.0 cm³/mol. The molecule has 1 heterocycles. The molecule has 0 aliphatic carbocycles. The average Bonchev–Trinajstić information content (AvgIpc) is 2.65. The maximum atomic E-state index is 13.2. The summed E-state index contributed by atoms with van der Waals surface area (Å²) in [6, 6.07) is 3.15. The largest absolute Gasteiger partial charge is 0.309 e. The summed E-state index contributed by atoms with van der Waals surface area (Å²) in [5, 5.41) is 13.6. The Morgan fingerprint density at radius 2 is 2.16 bits per heavy atom. The van der Waals surface area contributed by atoms with E-state index in [1.807, 2.05) is 0 Å². The topological polar surface area (TPSA) is 89.3 Å². The number of hydrogen-bond acceptors (Lipinski definition) is 5. The maximum absolute atomic E-state index is 13.2. The van der Waals surface area contributed by atoms with Crippen LogP contribution >= 0.6 is 0 Å². The Hall–Kier alpha value is -1.54. The van der Waals surface area contributed by atoms with Crippen molar-refractivity contribution in [1.29, 1.82) is 0 Å². The van der Waals surface area contributed by atoms with Gasteiger partial charge in [0, 0.05) is 18.7 Å². The summed E-state index contributed by atoms with van der Waals surface area (Å²) in [7, 11) is -2.97. The van der Waals surface area contributed by atoms with Crippen molar-refractivity contribution in [3.63, 3.8) is 0 Å². The number of rotatable bonds is 4. The first-order valence-electron chi connectivity index (χ1n) is 5.73. The summed E-state index contributed by atoms with van der Waals surface area (Å²) < 4.78 is 35.7. The molecule has 1 aromatic rings. The van der Waals surface area contributed by atoms with Crippen molar-refractivity contribution in [2.24, 2.45) is 0 Å². The molecule has 0 radical (unpaired) electrons. The fourth-order valence-corrected chi connectivity index (χ4v) is 3.77. The number of hydrogen-bond donors (Lipinski definition) is 1. The van der Waals surface area contributed by atoms with Gasteiger partial charge in [-0.15, -0.1) is 0 Å². The van der Waals surface area contributed by atoms with Crippen molar-refractivity contribution in [3.8, 4) is 0 Å². The number of nitro benzene ring substituents is 1. The molecule has 8 heteroatoms. The van der Waals surface area contributed by atoms with E-state index in [0.29, 0.717) is 12.0 Å². The van der Waals surface area contributed by atoms with Crippen LogP contribution in [0.4, 0.5) is 10.1 Å². The van der Waals surface area contributed by atoms with Crippen LogP contribution in [0.25, 0.3) is 0 Å². The smallest absolute Gasteiger partial charge is 0.272 e. The summed E-state index contributed by atoms with van der Waals surface area (Å²) in [6.45, 7) is 0.207. The second-order valence-corrected chi connectivity index (χ2v) is 6.78. The van der Waals surface area contributed by atoms with Crippen molar-refractivity contribution in [2.75, 3.05) is 11.5 Å². The molecule has 1 aliphatic rings. The lowest BCUT2D eigenvalue weighted by molar-refractivity contribution is -0.385. The van der Waals surface area contributed by atoms with Gasteiger partial charge in [-0.3, -0.25) is 10.1 Å². The molecule has 1 N–H and O–H groups in total. The van der Waals surface area contributed by atoms with E-state index in [4.69, 9.17) is 0 Å². The first-order chi connectivity index (χ1) is 8.85. The van der Waals surface area contributed by atoms with Crippen molar-refractivity contribution in [1.82, 2.24) is 5.32 Å². The van der Waals surface area contributed by atoms with E-state index in [9.17, 15) is 22.9 Å². The van der Waals surface area contributed by atoms with Crippen LogP contribution in [0.1, 0.15) is 12.0 Å². The Labute approximate surface area is 109 Å². The van der Waals surface area contributed by atoms with Crippen molar-refractivity contribution in [2.45, 2.75) is 19.0 Å².